The first-order valence-electron chi connectivity index (χ1n) is 9.08. The molecule has 7 heteroatoms. The lowest BCUT2D eigenvalue weighted by Crippen LogP contribution is -2.37. The Morgan fingerprint density at radius 2 is 2.04 bits per heavy atom. The maximum absolute atomic E-state index is 13.6. The zero-order chi connectivity index (χ0) is 19.1. The van der Waals surface area contributed by atoms with Crippen LogP contribution in [-0.2, 0) is 17.8 Å². The quantitative estimate of drug-likeness (QED) is 0.424. The molecule has 0 unspecified atom stereocenters. The topological polar surface area (TPSA) is 61.9 Å². The normalized spacial score (nSPS) is 13.8. The summed E-state index contributed by atoms with van der Waals surface area (Å²) < 4.78 is 13.6. The van der Waals surface area contributed by atoms with Crippen molar-refractivity contribution in [1.29, 1.82) is 0 Å². The molecule has 28 heavy (non-hydrogen) atoms. The summed E-state index contributed by atoms with van der Waals surface area (Å²) in [5, 5.41) is 1.42. The predicted octanol–water partition coefficient (Wildman–Crippen LogP) is 3.93. The van der Waals surface area contributed by atoms with E-state index in [9.17, 15) is 9.18 Å². The summed E-state index contributed by atoms with van der Waals surface area (Å²) in [5.74, 6) is 0.0908. The van der Waals surface area contributed by atoms with Gasteiger partial charge >= 0.3 is 0 Å². The second kappa shape index (κ2) is 6.91. The molecular formula is C21H17FN4OS. The Morgan fingerprint density at radius 1 is 1.18 bits per heavy atom. The summed E-state index contributed by atoms with van der Waals surface area (Å²) in [6.07, 6.45) is 2.35. The van der Waals surface area contributed by atoms with Crippen LogP contribution >= 0.6 is 11.8 Å². The SMILES string of the molecule is O=C(CSc1ncnc2c1[nH]c1ccc(F)cc12)N1CCc2ccccc2C1. The average Bonchev–Trinajstić information content (AvgIpc) is 3.10. The number of hydrogen-bond acceptors (Lipinski definition) is 4. The number of nitrogens with zero attached hydrogens (tertiary/aromatic N) is 3. The maximum Gasteiger partial charge on any atom is 0.233 e. The van der Waals surface area contributed by atoms with Crippen LogP contribution in [0.5, 0.6) is 0 Å². The van der Waals surface area contributed by atoms with Crippen molar-refractivity contribution < 1.29 is 9.18 Å². The molecule has 0 aliphatic carbocycles. The fourth-order valence-electron chi connectivity index (χ4n) is 3.68. The van der Waals surface area contributed by atoms with Crippen molar-refractivity contribution in [2.45, 2.75) is 18.0 Å². The van der Waals surface area contributed by atoms with E-state index in [0.29, 0.717) is 22.8 Å². The maximum atomic E-state index is 13.6. The van der Waals surface area contributed by atoms with E-state index < -0.39 is 0 Å². The molecule has 3 heterocycles. The van der Waals surface area contributed by atoms with Crippen molar-refractivity contribution in [1.82, 2.24) is 19.9 Å². The lowest BCUT2D eigenvalue weighted by Gasteiger charge is -2.28. The number of H-pyrrole nitrogens is 1. The molecule has 0 saturated carbocycles. The van der Waals surface area contributed by atoms with Gasteiger partial charge in [0.2, 0.25) is 5.91 Å². The number of nitrogens with one attached hydrogen (secondary N) is 1. The van der Waals surface area contributed by atoms with Crippen molar-refractivity contribution in [2.75, 3.05) is 12.3 Å². The Labute approximate surface area is 165 Å². The molecule has 5 nitrogen and oxygen atoms in total. The largest absolute Gasteiger partial charge is 0.351 e. The average molecular weight is 392 g/mol. The van der Waals surface area contributed by atoms with E-state index >= 15 is 0 Å². The number of halogens is 1. The standard InChI is InChI=1S/C21H17FN4OS/c22-15-5-6-17-16(9-15)19-20(25-17)21(24-12-23-19)28-11-18(27)26-8-7-13-3-1-2-4-14(13)10-26/h1-6,9,12,25H,7-8,10-11H2. The second-order valence-electron chi connectivity index (χ2n) is 6.84. The number of aromatic amines is 1. The van der Waals surface area contributed by atoms with Crippen LogP contribution in [0.4, 0.5) is 4.39 Å². The van der Waals surface area contributed by atoms with Gasteiger partial charge < -0.3 is 9.88 Å². The highest BCUT2D eigenvalue weighted by atomic mass is 32.2. The number of rotatable bonds is 3. The molecule has 1 aliphatic rings. The van der Waals surface area contributed by atoms with E-state index in [4.69, 9.17) is 0 Å². The Morgan fingerprint density at radius 3 is 2.93 bits per heavy atom. The molecule has 2 aromatic carbocycles. The van der Waals surface area contributed by atoms with Crippen molar-refractivity contribution >= 4 is 39.6 Å². The Balaban J connectivity index is 1.36. The first kappa shape index (κ1) is 17.2. The van der Waals surface area contributed by atoms with Gasteiger partial charge in [-0.1, -0.05) is 36.0 Å². The van der Waals surface area contributed by atoms with Crippen LogP contribution in [0.25, 0.3) is 21.9 Å². The zero-order valence-corrected chi connectivity index (χ0v) is 15.8. The van der Waals surface area contributed by atoms with E-state index in [0.717, 1.165) is 29.4 Å². The molecule has 1 aliphatic heterocycles. The number of carbonyl (C=O) groups is 1. The molecule has 0 saturated heterocycles. The fourth-order valence-corrected chi connectivity index (χ4v) is 4.54. The van der Waals surface area contributed by atoms with Crippen LogP contribution < -0.4 is 0 Å². The van der Waals surface area contributed by atoms with Crippen LogP contribution in [0.1, 0.15) is 11.1 Å². The van der Waals surface area contributed by atoms with Gasteiger partial charge in [0.1, 0.15) is 22.7 Å². The smallest absolute Gasteiger partial charge is 0.233 e. The first-order chi connectivity index (χ1) is 13.7. The van der Waals surface area contributed by atoms with Crippen LogP contribution in [-0.4, -0.2) is 38.1 Å². The third-order valence-corrected chi connectivity index (χ3v) is 6.10. The molecule has 0 radical (unpaired) electrons. The van der Waals surface area contributed by atoms with Crippen LogP contribution in [0.3, 0.4) is 0 Å². The molecule has 0 fully saturated rings. The summed E-state index contributed by atoms with van der Waals surface area (Å²) in [4.78, 5) is 26.5. The van der Waals surface area contributed by atoms with Gasteiger partial charge in [0.15, 0.2) is 0 Å². The van der Waals surface area contributed by atoms with Crippen LogP contribution in [0.15, 0.2) is 53.8 Å². The molecule has 0 spiro atoms. The number of aromatic nitrogens is 3. The molecular weight excluding hydrogens is 375 g/mol. The van der Waals surface area contributed by atoms with Crippen LogP contribution in [0.2, 0.25) is 0 Å². The Kier molecular flexibility index (Phi) is 4.24. The molecule has 140 valence electrons. The molecule has 1 N–H and O–H groups in total. The minimum atomic E-state index is -0.304. The number of amides is 1. The van der Waals surface area contributed by atoms with Gasteiger partial charge in [-0.2, -0.15) is 0 Å². The van der Waals surface area contributed by atoms with Crippen LogP contribution in [0, 0.1) is 5.82 Å². The van der Waals surface area contributed by atoms with E-state index in [2.05, 4.69) is 27.1 Å². The van der Waals surface area contributed by atoms with E-state index in [1.54, 1.807) is 6.07 Å². The second-order valence-corrected chi connectivity index (χ2v) is 7.80. The van der Waals surface area contributed by atoms with E-state index in [-0.39, 0.29) is 11.7 Å². The first-order valence-corrected chi connectivity index (χ1v) is 10.1. The summed E-state index contributed by atoms with van der Waals surface area (Å²) in [6, 6.07) is 12.8. The molecule has 0 atom stereocenters. The highest BCUT2D eigenvalue weighted by molar-refractivity contribution is 8.00. The summed E-state index contributed by atoms with van der Waals surface area (Å²) in [5.41, 5.74) is 4.75. The van der Waals surface area contributed by atoms with E-state index in [1.807, 2.05) is 17.0 Å². The van der Waals surface area contributed by atoms with Crippen molar-refractivity contribution in [3.63, 3.8) is 0 Å². The zero-order valence-electron chi connectivity index (χ0n) is 15.0. The van der Waals surface area contributed by atoms with Gasteiger partial charge in [0.25, 0.3) is 0 Å². The lowest BCUT2D eigenvalue weighted by molar-refractivity contribution is -0.129. The summed E-state index contributed by atoms with van der Waals surface area (Å²) >= 11 is 1.39. The van der Waals surface area contributed by atoms with Gasteiger partial charge in [0.05, 0.1) is 11.3 Å². The highest BCUT2D eigenvalue weighted by Gasteiger charge is 2.21. The van der Waals surface area contributed by atoms with Gasteiger partial charge in [-0.05, 0) is 35.7 Å². The van der Waals surface area contributed by atoms with Crippen molar-refractivity contribution in [3.05, 3.63) is 65.7 Å². The Hall–Kier alpha value is -2.93. The van der Waals surface area contributed by atoms with Gasteiger partial charge in [-0.15, -0.1) is 0 Å². The number of carbonyl (C=O) groups excluding carboxylic acids is 1. The number of hydrogen-bond donors (Lipinski definition) is 1. The number of benzene rings is 2. The van der Waals surface area contributed by atoms with E-state index in [1.165, 1.54) is 41.3 Å². The minimum Gasteiger partial charge on any atom is -0.351 e. The number of fused-ring (bicyclic) bond motifs is 4. The Bertz CT molecular complexity index is 1210. The minimum absolute atomic E-state index is 0.0911. The molecule has 5 rings (SSSR count). The third-order valence-electron chi connectivity index (χ3n) is 5.12. The molecule has 2 aromatic heterocycles. The molecule has 4 aromatic rings. The lowest BCUT2D eigenvalue weighted by atomic mass is 10.00. The van der Waals surface area contributed by atoms with Gasteiger partial charge in [-0.3, -0.25) is 4.79 Å². The molecule has 0 bridgehead atoms. The summed E-state index contributed by atoms with van der Waals surface area (Å²) in [7, 11) is 0. The summed E-state index contributed by atoms with van der Waals surface area (Å²) in [6.45, 7) is 1.39. The van der Waals surface area contributed by atoms with Gasteiger partial charge in [-0.25, -0.2) is 14.4 Å². The number of thioether (sulfide) groups is 1. The monoisotopic (exact) mass is 392 g/mol. The third kappa shape index (κ3) is 3.01. The highest BCUT2D eigenvalue weighted by Crippen LogP contribution is 2.30. The van der Waals surface area contributed by atoms with Crippen molar-refractivity contribution in [3.8, 4) is 0 Å². The fraction of sp³-hybridized carbons (Fsp3) is 0.190. The molecule has 1 amide bonds. The van der Waals surface area contributed by atoms with Gasteiger partial charge in [0, 0.05) is 24.0 Å². The predicted molar refractivity (Wildman–Crippen MR) is 108 cm³/mol. The van der Waals surface area contributed by atoms with Crippen molar-refractivity contribution in [2.24, 2.45) is 0 Å².